The number of halogens is 2. The predicted molar refractivity (Wildman–Crippen MR) is 71.7 cm³/mol. The van der Waals surface area contributed by atoms with Gasteiger partial charge in [-0.1, -0.05) is 24.6 Å². The van der Waals surface area contributed by atoms with Crippen molar-refractivity contribution >= 4 is 0 Å². The number of aliphatic hydroxyl groups is 1. The molecule has 0 saturated heterocycles. The smallest absolute Gasteiger partial charge is 0.134 e. The molecule has 0 aromatic heterocycles. The van der Waals surface area contributed by atoms with Crippen molar-refractivity contribution in [3.05, 3.63) is 46.5 Å². The molecule has 0 heterocycles. The fraction of sp³-hybridized carbons (Fsp3) is 0.500. The van der Waals surface area contributed by atoms with Gasteiger partial charge >= 0.3 is 0 Å². The van der Waals surface area contributed by atoms with Crippen molar-refractivity contribution in [1.82, 2.24) is 0 Å². The molecule has 0 fully saturated rings. The largest absolute Gasteiger partial charge is 0.388 e. The normalized spacial score (nSPS) is 25.1. The summed E-state index contributed by atoms with van der Waals surface area (Å²) in [6.07, 6.45) is 2.53. The molecular weight excluding hydrogens is 246 g/mol. The molecule has 0 aliphatic heterocycles. The first-order valence-electron chi connectivity index (χ1n) is 6.70. The van der Waals surface area contributed by atoms with Crippen LogP contribution in [0.5, 0.6) is 0 Å². The van der Waals surface area contributed by atoms with Crippen molar-refractivity contribution in [2.45, 2.75) is 39.7 Å². The van der Waals surface area contributed by atoms with Gasteiger partial charge in [0.25, 0.3) is 0 Å². The van der Waals surface area contributed by atoms with E-state index in [2.05, 4.69) is 13.0 Å². The van der Waals surface area contributed by atoms with E-state index in [1.807, 2.05) is 6.92 Å². The molecule has 1 N–H and O–H groups in total. The molecule has 2 rings (SSSR count). The molecule has 3 atom stereocenters. The first kappa shape index (κ1) is 14.2. The van der Waals surface area contributed by atoms with Crippen molar-refractivity contribution < 1.29 is 13.9 Å². The van der Waals surface area contributed by atoms with E-state index >= 15 is 0 Å². The van der Waals surface area contributed by atoms with Crippen molar-refractivity contribution in [2.75, 3.05) is 0 Å². The average molecular weight is 266 g/mol. The minimum atomic E-state index is -1.08. The van der Waals surface area contributed by atoms with Gasteiger partial charge in [0.15, 0.2) is 0 Å². The second-order valence-electron chi connectivity index (χ2n) is 5.73. The van der Waals surface area contributed by atoms with Crippen molar-refractivity contribution in [2.24, 2.45) is 11.8 Å². The van der Waals surface area contributed by atoms with Crippen LogP contribution in [-0.4, -0.2) is 5.11 Å². The van der Waals surface area contributed by atoms with Crippen LogP contribution < -0.4 is 0 Å². The number of aliphatic hydroxyl groups excluding tert-OH is 1. The lowest BCUT2D eigenvalue weighted by Gasteiger charge is -2.30. The molecule has 0 radical (unpaired) electrons. The Kier molecular flexibility index (Phi) is 4.04. The van der Waals surface area contributed by atoms with Crippen LogP contribution >= 0.6 is 0 Å². The lowest BCUT2D eigenvalue weighted by atomic mass is 9.78. The summed E-state index contributed by atoms with van der Waals surface area (Å²) in [6, 6.07) is 2.63. The van der Waals surface area contributed by atoms with Gasteiger partial charge in [-0.25, -0.2) is 8.78 Å². The highest BCUT2D eigenvalue weighted by molar-refractivity contribution is 5.29. The Labute approximate surface area is 113 Å². The fourth-order valence-corrected chi connectivity index (χ4v) is 3.02. The van der Waals surface area contributed by atoms with Gasteiger partial charge < -0.3 is 5.11 Å². The highest BCUT2D eigenvalue weighted by atomic mass is 19.1. The van der Waals surface area contributed by atoms with Gasteiger partial charge in [-0.05, 0) is 50.2 Å². The molecule has 1 aliphatic carbocycles. The standard InChI is InChI=1S/C16H20F2O/c1-9-6-10(2)8-12(7-9)16(19)14-13(17)5-4-11(3)15(14)18/h4-6,9,12,16,19H,7-8H2,1-3H3. The van der Waals surface area contributed by atoms with Gasteiger partial charge in [0.2, 0.25) is 0 Å². The third-order valence-electron chi connectivity index (χ3n) is 3.89. The van der Waals surface area contributed by atoms with Crippen LogP contribution in [0.4, 0.5) is 8.78 Å². The van der Waals surface area contributed by atoms with Gasteiger partial charge in [0.05, 0.1) is 11.7 Å². The second-order valence-corrected chi connectivity index (χ2v) is 5.73. The van der Waals surface area contributed by atoms with Gasteiger partial charge in [-0.3, -0.25) is 0 Å². The van der Waals surface area contributed by atoms with E-state index in [4.69, 9.17) is 0 Å². The van der Waals surface area contributed by atoms with E-state index < -0.39 is 17.7 Å². The zero-order chi connectivity index (χ0) is 14.2. The Morgan fingerprint density at radius 2 is 1.95 bits per heavy atom. The predicted octanol–water partition coefficient (Wildman–Crippen LogP) is 4.30. The number of allylic oxidation sites excluding steroid dienone is 2. The molecule has 0 bridgehead atoms. The molecule has 1 nitrogen and oxygen atoms in total. The number of hydrogen-bond donors (Lipinski definition) is 1. The highest BCUT2D eigenvalue weighted by Gasteiger charge is 2.30. The molecule has 0 spiro atoms. The van der Waals surface area contributed by atoms with E-state index in [1.54, 1.807) is 6.92 Å². The molecule has 1 aromatic carbocycles. The maximum Gasteiger partial charge on any atom is 0.134 e. The number of rotatable bonds is 2. The van der Waals surface area contributed by atoms with E-state index in [-0.39, 0.29) is 11.5 Å². The molecule has 1 aliphatic rings. The summed E-state index contributed by atoms with van der Waals surface area (Å²) in [6.45, 7) is 5.64. The van der Waals surface area contributed by atoms with Crippen LogP contribution in [0.1, 0.15) is 43.9 Å². The van der Waals surface area contributed by atoms with E-state index in [0.29, 0.717) is 17.9 Å². The van der Waals surface area contributed by atoms with E-state index in [9.17, 15) is 13.9 Å². The Balaban J connectivity index is 2.33. The minimum absolute atomic E-state index is 0.120. The first-order chi connectivity index (χ1) is 8.90. The van der Waals surface area contributed by atoms with Crippen LogP contribution in [0.15, 0.2) is 23.8 Å². The Morgan fingerprint density at radius 3 is 2.58 bits per heavy atom. The van der Waals surface area contributed by atoms with Crippen LogP contribution in [0.3, 0.4) is 0 Å². The molecule has 3 unspecified atom stereocenters. The van der Waals surface area contributed by atoms with E-state index in [0.717, 1.165) is 6.42 Å². The third-order valence-corrected chi connectivity index (χ3v) is 3.89. The molecular formula is C16H20F2O. The summed E-state index contributed by atoms with van der Waals surface area (Å²) in [5.74, 6) is -1.06. The van der Waals surface area contributed by atoms with Crippen molar-refractivity contribution in [1.29, 1.82) is 0 Å². The summed E-state index contributed by atoms with van der Waals surface area (Å²) in [5.41, 5.74) is 1.37. The quantitative estimate of drug-likeness (QED) is 0.791. The average Bonchev–Trinajstić information content (AvgIpc) is 2.33. The monoisotopic (exact) mass is 266 g/mol. The summed E-state index contributed by atoms with van der Waals surface area (Å²) in [7, 11) is 0. The number of hydrogen-bond acceptors (Lipinski definition) is 1. The zero-order valence-electron chi connectivity index (χ0n) is 11.6. The lowest BCUT2D eigenvalue weighted by Crippen LogP contribution is -2.21. The Morgan fingerprint density at radius 1 is 1.26 bits per heavy atom. The summed E-state index contributed by atoms with van der Waals surface area (Å²) < 4.78 is 27.9. The Bertz CT molecular complexity index is 508. The topological polar surface area (TPSA) is 20.2 Å². The van der Waals surface area contributed by atoms with Gasteiger partial charge in [0, 0.05) is 0 Å². The SMILES string of the molecule is CC1=CC(C)CC(C(O)c2c(F)ccc(C)c2F)C1. The summed E-state index contributed by atoms with van der Waals surface area (Å²) >= 11 is 0. The molecule has 0 saturated carbocycles. The second kappa shape index (κ2) is 5.41. The number of aryl methyl sites for hydroxylation is 1. The maximum absolute atomic E-state index is 14.0. The van der Waals surface area contributed by atoms with Crippen molar-refractivity contribution in [3.63, 3.8) is 0 Å². The zero-order valence-corrected chi connectivity index (χ0v) is 11.6. The summed E-state index contributed by atoms with van der Waals surface area (Å²) in [5, 5.41) is 10.4. The molecule has 3 heteroatoms. The molecule has 19 heavy (non-hydrogen) atoms. The Hall–Kier alpha value is -1.22. The van der Waals surface area contributed by atoms with Crippen LogP contribution in [-0.2, 0) is 0 Å². The minimum Gasteiger partial charge on any atom is -0.388 e. The molecule has 1 aromatic rings. The van der Waals surface area contributed by atoms with E-state index in [1.165, 1.54) is 17.7 Å². The lowest BCUT2D eigenvalue weighted by molar-refractivity contribution is 0.0860. The number of benzene rings is 1. The van der Waals surface area contributed by atoms with Crippen LogP contribution in [0.2, 0.25) is 0 Å². The van der Waals surface area contributed by atoms with Gasteiger partial charge in [-0.2, -0.15) is 0 Å². The summed E-state index contributed by atoms with van der Waals surface area (Å²) in [4.78, 5) is 0. The maximum atomic E-state index is 14.0. The first-order valence-corrected chi connectivity index (χ1v) is 6.70. The van der Waals surface area contributed by atoms with Crippen LogP contribution in [0.25, 0.3) is 0 Å². The van der Waals surface area contributed by atoms with Gasteiger partial charge in [0.1, 0.15) is 11.6 Å². The highest BCUT2D eigenvalue weighted by Crippen LogP contribution is 2.38. The molecule has 104 valence electrons. The molecule has 0 amide bonds. The van der Waals surface area contributed by atoms with Crippen molar-refractivity contribution in [3.8, 4) is 0 Å². The van der Waals surface area contributed by atoms with Crippen LogP contribution in [0, 0.1) is 30.4 Å². The fourth-order valence-electron chi connectivity index (χ4n) is 3.02. The third kappa shape index (κ3) is 2.86. The van der Waals surface area contributed by atoms with Gasteiger partial charge in [-0.15, -0.1) is 0 Å².